The molecule has 1 aromatic rings. The smallest absolute Gasteiger partial charge is 0.276 e. The van der Waals surface area contributed by atoms with Crippen LogP contribution in [-0.2, 0) is 0 Å². The molecule has 0 fully saturated rings. The number of nitro benzene ring substituents is 1. The van der Waals surface area contributed by atoms with Gasteiger partial charge in [-0.1, -0.05) is 13.8 Å². The van der Waals surface area contributed by atoms with Gasteiger partial charge in [0.15, 0.2) is 0 Å². The van der Waals surface area contributed by atoms with Crippen molar-refractivity contribution in [2.24, 2.45) is 0 Å². The highest BCUT2D eigenvalue weighted by atomic mass is 16.6. The Morgan fingerprint density at radius 1 is 1.43 bits per heavy atom. The monoisotopic (exact) mass is 195 g/mol. The molecule has 1 aromatic carbocycles. The Morgan fingerprint density at radius 2 is 2.07 bits per heavy atom. The van der Waals surface area contributed by atoms with E-state index in [9.17, 15) is 10.1 Å². The van der Waals surface area contributed by atoms with E-state index in [1.54, 1.807) is 12.1 Å². The van der Waals surface area contributed by atoms with Crippen molar-refractivity contribution in [3.63, 3.8) is 0 Å². The van der Waals surface area contributed by atoms with E-state index >= 15 is 0 Å². The van der Waals surface area contributed by atoms with Crippen LogP contribution in [0.5, 0.6) is 5.75 Å². The molecule has 0 radical (unpaired) electrons. The van der Waals surface area contributed by atoms with E-state index in [1.165, 1.54) is 13.2 Å². The molecular weight excluding hydrogens is 182 g/mol. The SMILES string of the molecule is COc1ccc(C(C)C)c([N+](=O)[O-])c1. The Hall–Kier alpha value is -1.58. The molecule has 0 heterocycles. The number of methoxy groups -OCH3 is 1. The summed E-state index contributed by atoms with van der Waals surface area (Å²) in [6.07, 6.45) is 0. The van der Waals surface area contributed by atoms with Gasteiger partial charge in [-0.2, -0.15) is 0 Å². The molecular formula is C10H13NO3. The molecule has 0 unspecified atom stereocenters. The maximum absolute atomic E-state index is 10.7. The summed E-state index contributed by atoms with van der Waals surface area (Å²) >= 11 is 0. The number of rotatable bonds is 3. The van der Waals surface area contributed by atoms with Crippen molar-refractivity contribution in [3.05, 3.63) is 33.9 Å². The first kappa shape index (κ1) is 10.5. The highest BCUT2D eigenvalue weighted by Crippen LogP contribution is 2.29. The van der Waals surface area contributed by atoms with Gasteiger partial charge in [-0.05, 0) is 18.1 Å². The molecule has 0 N–H and O–H groups in total. The number of hydrogen-bond donors (Lipinski definition) is 0. The molecule has 0 atom stereocenters. The van der Waals surface area contributed by atoms with Gasteiger partial charge < -0.3 is 4.74 Å². The summed E-state index contributed by atoms with van der Waals surface area (Å²) in [6, 6.07) is 4.93. The first-order valence-electron chi connectivity index (χ1n) is 4.38. The highest BCUT2D eigenvalue weighted by Gasteiger charge is 2.16. The van der Waals surface area contributed by atoms with Crippen LogP contribution in [0.4, 0.5) is 5.69 Å². The van der Waals surface area contributed by atoms with Gasteiger partial charge in [0.05, 0.1) is 18.1 Å². The highest BCUT2D eigenvalue weighted by molar-refractivity contribution is 5.47. The quantitative estimate of drug-likeness (QED) is 0.550. The lowest BCUT2D eigenvalue weighted by molar-refractivity contribution is -0.385. The van der Waals surface area contributed by atoms with Crippen LogP contribution in [0, 0.1) is 10.1 Å². The van der Waals surface area contributed by atoms with Gasteiger partial charge in [0.2, 0.25) is 0 Å². The number of benzene rings is 1. The minimum atomic E-state index is -0.377. The van der Waals surface area contributed by atoms with E-state index in [4.69, 9.17) is 4.74 Å². The zero-order chi connectivity index (χ0) is 10.7. The second-order valence-electron chi connectivity index (χ2n) is 3.34. The summed E-state index contributed by atoms with van der Waals surface area (Å²) in [5.74, 6) is 0.655. The number of nitro groups is 1. The molecule has 14 heavy (non-hydrogen) atoms. The lowest BCUT2D eigenvalue weighted by Gasteiger charge is -2.07. The lowest BCUT2D eigenvalue weighted by atomic mass is 10.0. The van der Waals surface area contributed by atoms with Crippen molar-refractivity contribution in [3.8, 4) is 5.75 Å². The number of ether oxygens (including phenoxy) is 1. The van der Waals surface area contributed by atoms with Crippen LogP contribution in [0.1, 0.15) is 25.3 Å². The van der Waals surface area contributed by atoms with Gasteiger partial charge in [0.1, 0.15) is 5.75 Å². The van der Waals surface area contributed by atoms with Crippen LogP contribution in [0.25, 0.3) is 0 Å². The third-order valence-electron chi connectivity index (χ3n) is 2.06. The Morgan fingerprint density at radius 3 is 2.50 bits per heavy atom. The molecule has 1 rings (SSSR count). The third kappa shape index (κ3) is 2.02. The lowest BCUT2D eigenvalue weighted by Crippen LogP contribution is -1.97. The van der Waals surface area contributed by atoms with E-state index in [-0.39, 0.29) is 16.5 Å². The fraction of sp³-hybridized carbons (Fsp3) is 0.400. The number of nitrogens with zero attached hydrogens (tertiary/aromatic N) is 1. The predicted molar refractivity (Wildman–Crippen MR) is 53.7 cm³/mol. The molecule has 0 aromatic heterocycles. The zero-order valence-electron chi connectivity index (χ0n) is 8.48. The molecule has 0 saturated carbocycles. The maximum Gasteiger partial charge on any atom is 0.276 e. The Balaban J connectivity index is 3.24. The molecule has 4 nitrogen and oxygen atoms in total. The average molecular weight is 195 g/mol. The van der Waals surface area contributed by atoms with Crippen molar-refractivity contribution in [2.75, 3.05) is 7.11 Å². The normalized spacial score (nSPS) is 10.3. The number of hydrogen-bond acceptors (Lipinski definition) is 3. The van der Waals surface area contributed by atoms with Gasteiger partial charge >= 0.3 is 0 Å². The topological polar surface area (TPSA) is 52.4 Å². The first-order chi connectivity index (χ1) is 6.56. The van der Waals surface area contributed by atoms with Crippen LogP contribution >= 0.6 is 0 Å². The van der Waals surface area contributed by atoms with Gasteiger partial charge in [0, 0.05) is 5.56 Å². The fourth-order valence-electron chi connectivity index (χ4n) is 1.30. The fourth-order valence-corrected chi connectivity index (χ4v) is 1.30. The molecule has 0 aliphatic carbocycles. The van der Waals surface area contributed by atoms with Crippen molar-refractivity contribution in [1.29, 1.82) is 0 Å². The van der Waals surface area contributed by atoms with E-state index in [1.807, 2.05) is 13.8 Å². The summed E-state index contributed by atoms with van der Waals surface area (Å²) in [6.45, 7) is 3.85. The largest absolute Gasteiger partial charge is 0.497 e. The van der Waals surface area contributed by atoms with Crippen molar-refractivity contribution in [1.82, 2.24) is 0 Å². The zero-order valence-corrected chi connectivity index (χ0v) is 8.48. The third-order valence-corrected chi connectivity index (χ3v) is 2.06. The molecule has 76 valence electrons. The standard InChI is InChI=1S/C10H13NO3/c1-7(2)9-5-4-8(14-3)6-10(9)11(12)13/h4-7H,1-3H3. The van der Waals surface area contributed by atoms with Crippen LogP contribution in [0.15, 0.2) is 18.2 Å². The average Bonchev–Trinajstić information content (AvgIpc) is 2.16. The molecule has 0 aliphatic rings. The molecule has 0 amide bonds. The van der Waals surface area contributed by atoms with Gasteiger partial charge in [0.25, 0.3) is 5.69 Å². The maximum atomic E-state index is 10.7. The van der Waals surface area contributed by atoms with Crippen LogP contribution < -0.4 is 4.74 Å². The summed E-state index contributed by atoms with van der Waals surface area (Å²) < 4.78 is 4.94. The van der Waals surface area contributed by atoms with Crippen molar-refractivity contribution >= 4 is 5.69 Å². The van der Waals surface area contributed by atoms with E-state index in [0.717, 1.165) is 5.56 Å². The van der Waals surface area contributed by atoms with E-state index in [0.29, 0.717) is 5.75 Å². The molecule has 0 saturated heterocycles. The molecule has 4 heteroatoms. The Bertz CT molecular complexity index is 347. The van der Waals surface area contributed by atoms with Crippen molar-refractivity contribution in [2.45, 2.75) is 19.8 Å². The summed E-state index contributed by atoms with van der Waals surface area (Å²) in [5, 5.41) is 10.7. The van der Waals surface area contributed by atoms with Crippen LogP contribution in [0.2, 0.25) is 0 Å². The minimum absolute atomic E-state index is 0.124. The van der Waals surface area contributed by atoms with Crippen LogP contribution in [-0.4, -0.2) is 12.0 Å². The Labute approximate surface area is 82.7 Å². The second kappa shape index (κ2) is 4.09. The first-order valence-corrected chi connectivity index (χ1v) is 4.38. The molecule has 0 aliphatic heterocycles. The van der Waals surface area contributed by atoms with Gasteiger partial charge in [-0.25, -0.2) is 0 Å². The van der Waals surface area contributed by atoms with Crippen molar-refractivity contribution < 1.29 is 9.66 Å². The summed E-state index contributed by atoms with van der Waals surface area (Å²) in [5.41, 5.74) is 0.857. The summed E-state index contributed by atoms with van der Waals surface area (Å²) in [7, 11) is 1.49. The minimum Gasteiger partial charge on any atom is -0.497 e. The molecule has 0 bridgehead atoms. The van der Waals surface area contributed by atoms with E-state index < -0.39 is 0 Å². The van der Waals surface area contributed by atoms with Gasteiger partial charge in [-0.15, -0.1) is 0 Å². The molecule has 0 spiro atoms. The predicted octanol–water partition coefficient (Wildman–Crippen LogP) is 2.73. The summed E-state index contributed by atoms with van der Waals surface area (Å²) in [4.78, 5) is 10.4. The van der Waals surface area contributed by atoms with Gasteiger partial charge in [-0.3, -0.25) is 10.1 Å². The van der Waals surface area contributed by atoms with Crippen LogP contribution in [0.3, 0.4) is 0 Å². The van der Waals surface area contributed by atoms with E-state index in [2.05, 4.69) is 0 Å². The second-order valence-corrected chi connectivity index (χ2v) is 3.34. The Kier molecular flexibility index (Phi) is 3.06.